The fourth-order valence-corrected chi connectivity index (χ4v) is 4.81. The van der Waals surface area contributed by atoms with Crippen molar-refractivity contribution in [3.05, 3.63) is 68.9 Å². The van der Waals surface area contributed by atoms with E-state index in [9.17, 15) is 14.4 Å². The molecule has 3 heterocycles. The van der Waals surface area contributed by atoms with Gasteiger partial charge in [-0.3, -0.25) is 25.2 Å². The highest BCUT2D eigenvalue weighted by atomic mass is 32.1. The fraction of sp³-hybridized carbons (Fsp3) is 0.227. The number of aryl methyl sites for hydroxylation is 1. The number of nitrogens with one attached hydrogen (secondary N) is 2. The van der Waals surface area contributed by atoms with Crippen molar-refractivity contribution in [2.24, 2.45) is 0 Å². The molecule has 0 bridgehead atoms. The molecule has 0 radical (unpaired) electrons. The molecule has 0 unspecified atom stereocenters. The van der Waals surface area contributed by atoms with Gasteiger partial charge in [-0.15, -0.1) is 22.7 Å². The summed E-state index contributed by atoms with van der Waals surface area (Å²) in [5, 5.41) is 7.83. The van der Waals surface area contributed by atoms with Crippen LogP contribution < -0.4 is 16.4 Å². The summed E-state index contributed by atoms with van der Waals surface area (Å²) in [6.07, 6.45) is 4.23. The quantitative estimate of drug-likeness (QED) is 0.317. The van der Waals surface area contributed by atoms with Crippen LogP contribution in [0.1, 0.15) is 46.3 Å². The summed E-state index contributed by atoms with van der Waals surface area (Å²) in [6.45, 7) is 2.50. The highest BCUT2D eigenvalue weighted by Crippen LogP contribution is 2.28. The number of benzene rings is 1. The second-order valence-electron chi connectivity index (χ2n) is 7.04. The third kappa shape index (κ3) is 4.61. The maximum Gasteiger partial charge on any atom is 0.290 e. The van der Waals surface area contributed by atoms with Crippen LogP contribution in [-0.4, -0.2) is 26.6 Å². The molecular weight excluding hydrogens is 446 g/mol. The molecule has 2 amide bonds. The molecule has 32 heavy (non-hydrogen) atoms. The van der Waals surface area contributed by atoms with Crippen molar-refractivity contribution in [3.8, 4) is 9.88 Å². The molecule has 8 nitrogen and oxygen atoms in total. The number of amides is 2. The smallest absolute Gasteiger partial charge is 0.267 e. The Morgan fingerprint density at radius 2 is 1.81 bits per heavy atom. The zero-order valence-corrected chi connectivity index (χ0v) is 19.0. The summed E-state index contributed by atoms with van der Waals surface area (Å²) in [6, 6.07) is 10.7. The number of hydrogen-bond donors (Lipinski definition) is 2. The van der Waals surface area contributed by atoms with E-state index < -0.39 is 11.8 Å². The van der Waals surface area contributed by atoms with Gasteiger partial charge in [-0.1, -0.05) is 44.0 Å². The van der Waals surface area contributed by atoms with Crippen LogP contribution in [0, 0.1) is 0 Å². The lowest BCUT2D eigenvalue weighted by Gasteiger charge is -2.11. The van der Waals surface area contributed by atoms with E-state index in [0.29, 0.717) is 22.2 Å². The van der Waals surface area contributed by atoms with Crippen LogP contribution >= 0.6 is 22.7 Å². The maximum absolute atomic E-state index is 12.9. The van der Waals surface area contributed by atoms with Gasteiger partial charge in [-0.05, 0) is 23.9 Å². The number of aromatic nitrogens is 3. The van der Waals surface area contributed by atoms with Crippen molar-refractivity contribution in [1.29, 1.82) is 0 Å². The molecule has 0 spiro atoms. The van der Waals surface area contributed by atoms with Crippen LogP contribution in [0.5, 0.6) is 0 Å². The number of unbranched alkanes of at least 4 members (excludes halogenated alkanes) is 2. The second kappa shape index (κ2) is 9.84. The van der Waals surface area contributed by atoms with Crippen LogP contribution in [0.3, 0.4) is 0 Å². The minimum absolute atomic E-state index is 0.0839. The Labute approximate surface area is 191 Å². The maximum atomic E-state index is 12.9. The monoisotopic (exact) mass is 467 g/mol. The molecule has 0 aliphatic carbocycles. The highest BCUT2D eigenvalue weighted by molar-refractivity contribution is 7.22. The Morgan fingerprint density at radius 1 is 1.03 bits per heavy atom. The van der Waals surface area contributed by atoms with Gasteiger partial charge in [0.15, 0.2) is 5.69 Å². The van der Waals surface area contributed by atoms with Gasteiger partial charge in [-0.25, -0.2) is 9.67 Å². The van der Waals surface area contributed by atoms with E-state index in [1.165, 1.54) is 33.6 Å². The van der Waals surface area contributed by atoms with E-state index in [-0.39, 0.29) is 11.3 Å². The molecule has 2 N–H and O–H groups in total. The lowest BCUT2D eigenvalue weighted by Crippen LogP contribution is -2.42. The van der Waals surface area contributed by atoms with E-state index in [1.54, 1.807) is 24.3 Å². The van der Waals surface area contributed by atoms with Gasteiger partial charge in [0.1, 0.15) is 9.88 Å². The molecule has 4 aromatic rings. The number of hydrazine groups is 1. The van der Waals surface area contributed by atoms with Crippen molar-refractivity contribution in [1.82, 2.24) is 25.6 Å². The zero-order valence-electron chi connectivity index (χ0n) is 17.3. The molecular formula is C22H21N5O3S2. The fourth-order valence-electron chi connectivity index (χ4n) is 3.19. The standard InChI is InChI=1S/C22H21N5O3S2/c1-2-3-6-11-27-22(30)15-9-5-4-8-14(15)18(26-27)20(29)25-24-19(28)17-13-23-21(32-17)16-10-7-12-31-16/h4-5,7-10,12-13H,2-3,6,11H2,1H3,(H,24,28)(H,25,29). The van der Waals surface area contributed by atoms with Gasteiger partial charge >= 0.3 is 0 Å². The predicted octanol–water partition coefficient (Wildman–Crippen LogP) is 3.85. The Bertz CT molecular complexity index is 1310. The number of rotatable bonds is 7. The molecule has 0 saturated heterocycles. The van der Waals surface area contributed by atoms with Crippen LogP contribution in [0.4, 0.5) is 0 Å². The van der Waals surface area contributed by atoms with Gasteiger partial charge in [0, 0.05) is 11.9 Å². The third-order valence-corrected chi connectivity index (χ3v) is 6.84. The molecule has 4 rings (SSSR count). The molecule has 3 aromatic heterocycles. The molecule has 10 heteroatoms. The lowest BCUT2D eigenvalue weighted by molar-refractivity contribution is 0.0845. The van der Waals surface area contributed by atoms with E-state index in [1.807, 2.05) is 17.5 Å². The average Bonchev–Trinajstić information content (AvgIpc) is 3.51. The zero-order chi connectivity index (χ0) is 22.5. The lowest BCUT2D eigenvalue weighted by atomic mass is 10.1. The Morgan fingerprint density at radius 3 is 2.56 bits per heavy atom. The van der Waals surface area contributed by atoms with E-state index in [4.69, 9.17) is 0 Å². The van der Waals surface area contributed by atoms with E-state index in [0.717, 1.165) is 29.1 Å². The Hall–Kier alpha value is -3.37. The minimum Gasteiger partial charge on any atom is -0.267 e. The van der Waals surface area contributed by atoms with Gasteiger partial charge < -0.3 is 0 Å². The molecule has 0 aliphatic rings. The number of hydrogen-bond acceptors (Lipinski definition) is 7. The summed E-state index contributed by atoms with van der Waals surface area (Å²) in [4.78, 5) is 43.7. The average molecular weight is 468 g/mol. The Kier molecular flexibility index (Phi) is 6.72. The third-order valence-electron chi connectivity index (χ3n) is 4.81. The Balaban J connectivity index is 1.52. The summed E-state index contributed by atoms with van der Waals surface area (Å²) in [7, 11) is 0. The summed E-state index contributed by atoms with van der Waals surface area (Å²) in [5.41, 5.74) is 4.68. The van der Waals surface area contributed by atoms with Crippen LogP contribution in [0.25, 0.3) is 20.7 Å². The number of carbonyl (C=O) groups excluding carboxylic acids is 2. The number of fused-ring (bicyclic) bond motifs is 1. The summed E-state index contributed by atoms with van der Waals surface area (Å²) < 4.78 is 1.32. The first-order valence-corrected chi connectivity index (χ1v) is 11.9. The van der Waals surface area contributed by atoms with Gasteiger partial charge in [0.2, 0.25) is 0 Å². The van der Waals surface area contributed by atoms with Crippen molar-refractivity contribution < 1.29 is 9.59 Å². The normalized spacial score (nSPS) is 10.9. The second-order valence-corrected chi connectivity index (χ2v) is 9.02. The van der Waals surface area contributed by atoms with Crippen molar-refractivity contribution in [3.63, 3.8) is 0 Å². The van der Waals surface area contributed by atoms with Gasteiger partial charge in [0.25, 0.3) is 17.4 Å². The van der Waals surface area contributed by atoms with Gasteiger partial charge in [0.05, 0.1) is 16.5 Å². The first-order valence-electron chi connectivity index (χ1n) is 10.2. The molecule has 164 valence electrons. The molecule has 0 fully saturated rings. The molecule has 0 aliphatic heterocycles. The van der Waals surface area contributed by atoms with Crippen molar-refractivity contribution >= 4 is 45.3 Å². The topological polar surface area (TPSA) is 106 Å². The van der Waals surface area contributed by atoms with E-state index >= 15 is 0 Å². The minimum atomic E-state index is -0.596. The number of thiazole rings is 1. The predicted molar refractivity (Wildman–Crippen MR) is 126 cm³/mol. The molecule has 0 saturated carbocycles. The number of nitrogens with zero attached hydrogens (tertiary/aromatic N) is 3. The summed E-state index contributed by atoms with van der Waals surface area (Å²) in [5.74, 6) is -1.07. The van der Waals surface area contributed by atoms with Gasteiger partial charge in [-0.2, -0.15) is 5.10 Å². The highest BCUT2D eigenvalue weighted by Gasteiger charge is 2.18. The van der Waals surface area contributed by atoms with Crippen molar-refractivity contribution in [2.75, 3.05) is 0 Å². The number of carbonyl (C=O) groups is 2. The summed E-state index contributed by atoms with van der Waals surface area (Å²) >= 11 is 2.78. The van der Waals surface area contributed by atoms with Crippen molar-refractivity contribution in [2.45, 2.75) is 32.7 Å². The largest absolute Gasteiger partial charge is 0.290 e. The van der Waals surface area contributed by atoms with Crippen LogP contribution in [0.15, 0.2) is 52.8 Å². The SMILES string of the molecule is CCCCCn1nc(C(=O)NNC(=O)c2cnc(-c3cccs3)s2)c2ccccc2c1=O. The van der Waals surface area contributed by atoms with Crippen LogP contribution in [0.2, 0.25) is 0 Å². The molecule has 0 atom stereocenters. The van der Waals surface area contributed by atoms with E-state index in [2.05, 4.69) is 27.9 Å². The number of thiophene rings is 1. The molecule has 1 aromatic carbocycles. The van der Waals surface area contributed by atoms with Crippen LogP contribution in [-0.2, 0) is 6.54 Å². The first kappa shape index (κ1) is 21.8. The first-order chi connectivity index (χ1) is 15.6.